The van der Waals surface area contributed by atoms with Gasteiger partial charge in [-0.05, 0) is 32.0 Å². The van der Waals surface area contributed by atoms with Crippen LogP contribution in [0.4, 0.5) is 20.6 Å². The molecule has 0 heterocycles. The Morgan fingerprint density at radius 2 is 1.83 bits per heavy atom. The number of halogens is 1. The summed E-state index contributed by atoms with van der Waals surface area (Å²) in [6, 6.07) is 4.36. The van der Waals surface area contributed by atoms with Crippen molar-refractivity contribution in [3.05, 3.63) is 24.0 Å². The Hall–Kier alpha value is -2.31. The number of anilines is 2. The number of rotatable bonds is 6. The molecule has 1 aromatic rings. The van der Waals surface area contributed by atoms with E-state index < -0.39 is 11.8 Å². The third kappa shape index (κ3) is 5.11. The monoisotopic (exact) mass is 338 g/mol. The summed E-state index contributed by atoms with van der Waals surface area (Å²) < 4.78 is 14.2. The molecule has 0 unspecified atom stereocenters. The fourth-order valence-corrected chi connectivity index (χ4v) is 2.19. The molecule has 1 atom stereocenters. The van der Waals surface area contributed by atoms with E-state index >= 15 is 0 Å². The fraction of sp³-hybridized carbons (Fsp3) is 0.529. The second-order valence-corrected chi connectivity index (χ2v) is 6.20. The molecule has 0 fully saturated rings. The van der Waals surface area contributed by atoms with E-state index in [0.29, 0.717) is 11.4 Å². The molecule has 0 saturated carbocycles. The van der Waals surface area contributed by atoms with Crippen molar-refractivity contribution in [3.8, 4) is 0 Å². The molecule has 2 N–H and O–H groups in total. The first-order valence-corrected chi connectivity index (χ1v) is 7.93. The van der Waals surface area contributed by atoms with Crippen LogP contribution in [0.5, 0.6) is 0 Å². The van der Waals surface area contributed by atoms with E-state index in [2.05, 4.69) is 10.6 Å². The minimum absolute atomic E-state index is 0.137. The molecule has 6 nitrogen and oxygen atoms in total. The Bertz CT molecular complexity index is 592. The van der Waals surface area contributed by atoms with Crippen molar-refractivity contribution in [3.63, 3.8) is 0 Å². The SMILES string of the molecule is CNC(=O)[C@H](C)CN(C)C(=O)Nc1ccc(N(C)C(C)C)c(F)c1. The van der Waals surface area contributed by atoms with Gasteiger partial charge in [-0.15, -0.1) is 0 Å². The number of hydrogen-bond donors (Lipinski definition) is 2. The maximum atomic E-state index is 14.2. The Morgan fingerprint density at radius 3 is 2.33 bits per heavy atom. The van der Waals surface area contributed by atoms with E-state index in [0.717, 1.165) is 0 Å². The summed E-state index contributed by atoms with van der Waals surface area (Å²) in [7, 11) is 4.96. The van der Waals surface area contributed by atoms with Crippen molar-refractivity contribution in [1.29, 1.82) is 0 Å². The van der Waals surface area contributed by atoms with Crippen LogP contribution in [-0.2, 0) is 4.79 Å². The average molecular weight is 338 g/mol. The molecular weight excluding hydrogens is 311 g/mol. The molecule has 0 radical (unpaired) electrons. The van der Waals surface area contributed by atoms with Gasteiger partial charge in [0.25, 0.3) is 0 Å². The van der Waals surface area contributed by atoms with Crippen molar-refractivity contribution >= 4 is 23.3 Å². The summed E-state index contributed by atoms with van der Waals surface area (Å²) in [4.78, 5) is 26.9. The van der Waals surface area contributed by atoms with Crippen LogP contribution in [0.25, 0.3) is 0 Å². The highest BCUT2D eigenvalue weighted by Crippen LogP contribution is 2.23. The Morgan fingerprint density at radius 1 is 1.21 bits per heavy atom. The van der Waals surface area contributed by atoms with Crippen LogP contribution in [0.3, 0.4) is 0 Å². The normalized spacial score (nSPS) is 11.8. The van der Waals surface area contributed by atoms with Gasteiger partial charge in [-0.1, -0.05) is 6.92 Å². The van der Waals surface area contributed by atoms with E-state index in [1.54, 1.807) is 33.2 Å². The van der Waals surface area contributed by atoms with E-state index in [9.17, 15) is 14.0 Å². The summed E-state index contributed by atoms with van der Waals surface area (Å²) in [5.41, 5.74) is 0.849. The van der Waals surface area contributed by atoms with Crippen LogP contribution in [0, 0.1) is 11.7 Å². The van der Waals surface area contributed by atoms with Crippen LogP contribution in [0.1, 0.15) is 20.8 Å². The number of carbonyl (C=O) groups is 2. The predicted molar refractivity (Wildman–Crippen MR) is 94.8 cm³/mol. The first-order chi connectivity index (χ1) is 11.2. The van der Waals surface area contributed by atoms with Crippen molar-refractivity contribution in [2.75, 3.05) is 37.9 Å². The summed E-state index contributed by atoms with van der Waals surface area (Å²) in [6.45, 7) is 5.94. The van der Waals surface area contributed by atoms with Gasteiger partial charge >= 0.3 is 6.03 Å². The van der Waals surface area contributed by atoms with Gasteiger partial charge in [0.05, 0.1) is 11.6 Å². The zero-order valence-corrected chi connectivity index (χ0v) is 15.2. The zero-order valence-electron chi connectivity index (χ0n) is 15.2. The molecular formula is C17H27FN4O2. The molecule has 0 aliphatic rings. The second kappa shape index (κ2) is 8.52. The van der Waals surface area contributed by atoms with E-state index in [-0.39, 0.29) is 24.4 Å². The lowest BCUT2D eigenvalue weighted by Crippen LogP contribution is -2.39. The quantitative estimate of drug-likeness (QED) is 0.838. The van der Waals surface area contributed by atoms with Crippen molar-refractivity contribution in [2.24, 2.45) is 5.92 Å². The lowest BCUT2D eigenvalue weighted by molar-refractivity contribution is -0.124. The van der Waals surface area contributed by atoms with Crippen LogP contribution in [-0.4, -0.2) is 50.6 Å². The molecule has 0 bridgehead atoms. The smallest absolute Gasteiger partial charge is 0.321 e. The molecule has 3 amide bonds. The molecule has 0 saturated heterocycles. The highest BCUT2D eigenvalue weighted by atomic mass is 19.1. The summed E-state index contributed by atoms with van der Waals surface area (Å²) in [6.07, 6.45) is 0. The van der Waals surface area contributed by atoms with E-state index in [1.807, 2.05) is 25.8 Å². The molecule has 1 aromatic carbocycles. The van der Waals surface area contributed by atoms with Gasteiger partial charge in [0.2, 0.25) is 5.91 Å². The zero-order chi connectivity index (χ0) is 18.4. The summed E-state index contributed by atoms with van der Waals surface area (Å²) in [5, 5.41) is 5.18. The molecule has 0 aliphatic heterocycles. The minimum atomic E-state index is -0.398. The fourth-order valence-electron chi connectivity index (χ4n) is 2.19. The average Bonchev–Trinajstić information content (AvgIpc) is 2.53. The molecule has 1 rings (SSSR count). The highest BCUT2D eigenvalue weighted by molar-refractivity contribution is 5.90. The maximum absolute atomic E-state index is 14.2. The number of nitrogens with zero attached hydrogens (tertiary/aromatic N) is 2. The lowest BCUT2D eigenvalue weighted by atomic mass is 10.1. The van der Waals surface area contributed by atoms with Gasteiger partial charge in [0.15, 0.2) is 0 Å². The van der Waals surface area contributed by atoms with Crippen LogP contribution in [0.2, 0.25) is 0 Å². The number of benzene rings is 1. The Kier molecular flexibility index (Phi) is 7.00. The molecule has 134 valence electrons. The van der Waals surface area contributed by atoms with Gasteiger partial charge < -0.3 is 20.4 Å². The first kappa shape index (κ1) is 19.7. The first-order valence-electron chi connectivity index (χ1n) is 7.93. The second-order valence-electron chi connectivity index (χ2n) is 6.20. The lowest BCUT2D eigenvalue weighted by Gasteiger charge is -2.25. The number of nitrogens with one attached hydrogen (secondary N) is 2. The van der Waals surface area contributed by atoms with Gasteiger partial charge in [0, 0.05) is 39.4 Å². The molecule has 0 aromatic heterocycles. The van der Waals surface area contributed by atoms with Crippen molar-refractivity contribution in [2.45, 2.75) is 26.8 Å². The minimum Gasteiger partial charge on any atom is -0.370 e. The van der Waals surface area contributed by atoms with Crippen molar-refractivity contribution < 1.29 is 14.0 Å². The van der Waals surface area contributed by atoms with Crippen LogP contribution >= 0.6 is 0 Å². The molecule has 24 heavy (non-hydrogen) atoms. The number of amides is 3. The Labute approximate surface area is 143 Å². The largest absolute Gasteiger partial charge is 0.370 e. The van der Waals surface area contributed by atoms with Gasteiger partial charge in [-0.25, -0.2) is 9.18 Å². The molecule has 7 heteroatoms. The predicted octanol–water partition coefficient (Wildman–Crippen LogP) is 2.52. The summed E-state index contributed by atoms with van der Waals surface area (Å²) in [5.74, 6) is -0.864. The van der Waals surface area contributed by atoms with Gasteiger partial charge in [-0.3, -0.25) is 4.79 Å². The van der Waals surface area contributed by atoms with E-state index in [4.69, 9.17) is 0 Å². The molecule has 0 aliphatic carbocycles. The van der Waals surface area contributed by atoms with Crippen molar-refractivity contribution in [1.82, 2.24) is 10.2 Å². The number of carbonyl (C=O) groups excluding carboxylic acids is 2. The van der Waals surface area contributed by atoms with Gasteiger partial charge in [0.1, 0.15) is 5.82 Å². The van der Waals surface area contributed by atoms with Crippen LogP contribution in [0.15, 0.2) is 18.2 Å². The maximum Gasteiger partial charge on any atom is 0.321 e. The van der Waals surface area contributed by atoms with E-state index in [1.165, 1.54) is 11.0 Å². The highest BCUT2D eigenvalue weighted by Gasteiger charge is 2.18. The number of hydrogen-bond acceptors (Lipinski definition) is 3. The third-order valence-electron chi connectivity index (χ3n) is 3.94. The molecule has 0 spiro atoms. The number of urea groups is 1. The van der Waals surface area contributed by atoms with Crippen LogP contribution < -0.4 is 15.5 Å². The third-order valence-corrected chi connectivity index (χ3v) is 3.94. The standard InChI is InChI=1S/C17H27FN4O2/c1-11(2)22(6)15-8-7-13(9-14(15)18)20-17(24)21(5)10-12(3)16(23)19-4/h7-9,11-12H,10H2,1-6H3,(H,19,23)(H,20,24)/t12-/m1/s1. The van der Waals surface area contributed by atoms with Gasteiger partial charge in [-0.2, -0.15) is 0 Å². The topological polar surface area (TPSA) is 64.7 Å². The Balaban J connectivity index is 2.74. The summed E-state index contributed by atoms with van der Waals surface area (Å²) >= 11 is 0.